The zero-order valence-corrected chi connectivity index (χ0v) is 12.3. The molecule has 0 amide bonds. The van der Waals surface area contributed by atoms with Gasteiger partial charge in [-0.15, -0.1) is 0 Å². The molecular weight excluding hydrogens is 289 g/mol. The van der Waals surface area contributed by atoms with Crippen LogP contribution in [0.15, 0.2) is 45.2 Å². The van der Waals surface area contributed by atoms with Crippen molar-refractivity contribution < 1.29 is 4.39 Å². The van der Waals surface area contributed by atoms with Crippen LogP contribution in [0.2, 0.25) is 0 Å². The predicted octanol–water partition coefficient (Wildman–Crippen LogP) is 3.23. The molecule has 0 unspecified atom stereocenters. The maximum absolute atomic E-state index is 13.5. The summed E-state index contributed by atoms with van der Waals surface area (Å²) < 4.78 is 13.5. The number of fused-ring (bicyclic) bond motifs is 1. The Kier molecular flexibility index (Phi) is 3.47. The molecule has 0 spiro atoms. The quantitative estimate of drug-likeness (QED) is 0.738. The highest BCUT2D eigenvalue weighted by atomic mass is 32.2. The molecule has 1 N–H and O–H groups in total. The van der Waals surface area contributed by atoms with Gasteiger partial charge in [-0.25, -0.2) is 9.37 Å². The average Bonchev–Trinajstić information content (AvgIpc) is 2.38. The minimum atomic E-state index is -0.319. The van der Waals surface area contributed by atoms with Crippen molar-refractivity contribution in [2.75, 3.05) is 0 Å². The predicted molar refractivity (Wildman–Crippen MR) is 80.2 cm³/mol. The fraction of sp³-hybridized carbons (Fsp3) is 0.133. The van der Waals surface area contributed by atoms with Crippen LogP contribution in [0.1, 0.15) is 11.4 Å². The standard InChI is InChI=1S/C15H12FN3OS/c1-8-5-13(11-7-10(16)3-4-12(11)17-8)21-15-18-9(2)6-14(20)19-15/h3-7H,1-2H3,(H,18,19,20). The monoisotopic (exact) mass is 301 g/mol. The lowest BCUT2D eigenvalue weighted by atomic mass is 10.2. The van der Waals surface area contributed by atoms with Gasteiger partial charge in [0.15, 0.2) is 5.16 Å². The molecule has 4 nitrogen and oxygen atoms in total. The summed E-state index contributed by atoms with van der Waals surface area (Å²) in [6, 6.07) is 7.76. The molecule has 0 fully saturated rings. The fourth-order valence-electron chi connectivity index (χ4n) is 2.08. The second-order valence-electron chi connectivity index (χ2n) is 4.72. The van der Waals surface area contributed by atoms with Gasteiger partial charge in [-0.2, -0.15) is 0 Å². The fourth-order valence-corrected chi connectivity index (χ4v) is 3.13. The maximum Gasteiger partial charge on any atom is 0.251 e. The number of nitrogens with zero attached hydrogens (tertiary/aromatic N) is 2. The first-order valence-corrected chi connectivity index (χ1v) is 7.16. The van der Waals surface area contributed by atoms with Crippen molar-refractivity contribution in [1.29, 1.82) is 0 Å². The van der Waals surface area contributed by atoms with Gasteiger partial charge >= 0.3 is 0 Å². The summed E-state index contributed by atoms with van der Waals surface area (Å²) in [5.74, 6) is -0.319. The smallest absolute Gasteiger partial charge is 0.251 e. The summed E-state index contributed by atoms with van der Waals surface area (Å²) in [5, 5.41) is 1.19. The number of halogens is 1. The zero-order chi connectivity index (χ0) is 15.0. The topological polar surface area (TPSA) is 58.6 Å². The van der Waals surface area contributed by atoms with E-state index in [0.29, 0.717) is 21.8 Å². The number of nitrogens with one attached hydrogen (secondary N) is 1. The lowest BCUT2D eigenvalue weighted by molar-refractivity contribution is 0.629. The second-order valence-corrected chi connectivity index (χ2v) is 5.75. The number of aromatic nitrogens is 3. The summed E-state index contributed by atoms with van der Waals surface area (Å²) in [4.78, 5) is 23.7. The van der Waals surface area contributed by atoms with Gasteiger partial charge < -0.3 is 4.98 Å². The van der Waals surface area contributed by atoms with Gasteiger partial charge in [0, 0.05) is 27.7 Å². The normalized spacial score (nSPS) is 11.0. The molecule has 106 valence electrons. The molecule has 0 atom stereocenters. The molecule has 21 heavy (non-hydrogen) atoms. The molecule has 0 bridgehead atoms. The zero-order valence-electron chi connectivity index (χ0n) is 11.5. The van der Waals surface area contributed by atoms with E-state index in [4.69, 9.17) is 0 Å². The summed E-state index contributed by atoms with van der Waals surface area (Å²) in [6.45, 7) is 3.63. The van der Waals surface area contributed by atoms with E-state index in [1.165, 1.54) is 30.0 Å². The highest BCUT2D eigenvalue weighted by molar-refractivity contribution is 7.99. The van der Waals surface area contributed by atoms with Gasteiger partial charge in [0.2, 0.25) is 0 Å². The first-order valence-electron chi connectivity index (χ1n) is 6.34. The summed E-state index contributed by atoms with van der Waals surface area (Å²) in [7, 11) is 0. The number of aromatic amines is 1. The molecule has 0 aliphatic carbocycles. The lowest BCUT2D eigenvalue weighted by Gasteiger charge is -2.07. The third-order valence-electron chi connectivity index (χ3n) is 2.92. The van der Waals surface area contributed by atoms with E-state index in [-0.39, 0.29) is 11.4 Å². The van der Waals surface area contributed by atoms with Crippen molar-refractivity contribution in [3.63, 3.8) is 0 Å². The molecule has 3 aromatic rings. The van der Waals surface area contributed by atoms with E-state index < -0.39 is 0 Å². The largest absolute Gasteiger partial charge is 0.301 e. The molecule has 3 rings (SSSR count). The first kappa shape index (κ1) is 13.8. The Bertz CT molecular complexity index is 892. The van der Waals surface area contributed by atoms with Gasteiger partial charge in [0.25, 0.3) is 5.56 Å². The highest BCUT2D eigenvalue weighted by Gasteiger charge is 2.09. The molecule has 0 radical (unpaired) electrons. The van der Waals surface area contributed by atoms with E-state index in [1.54, 1.807) is 13.0 Å². The van der Waals surface area contributed by atoms with Crippen LogP contribution in [0, 0.1) is 19.7 Å². The summed E-state index contributed by atoms with van der Waals surface area (Å²) in [5.41, 5.74) is 1.98. The number of hydrogen-bond acceptors (Lipinski definition) is 4. The second kappa shape index (κ2) is 5.29. The molecule has 6 heteroatoms. The van der Waals surface area contributed by atoms with Crippen LogP contribution in [-0.4, -0.2) is 15.0 Å². The van der Waals surface area contributed by atoms with Crippen molar-refractivity contribution in [2.45, 2.75) is 23.9 Å². The van der Waals surface area contributed by atoms with Gasteiger partial charge in [-0.1, -0.05) is 11.8 Å². The summed E-state index contributed by atoms with van der Waals surface area (Å²) >= 11 is 1.29. The van der Waals surface area contributed by atoms with Crippen LogP contribution < -0.4 is 5.56 Å². The van der Waals surface area contributed by atoms with Crippen LogP contribution in [-0.2, 0) is 0 Å². The summed E-state index contributed by atoms with van der Waals surface area (Å²) in [6.07, 6.45) is 0. The van der Waals surface area contributed by atoms with Crippen molar-refractivity contribution in [3.8, 4) is 0 Å². The van der Waals surface area contributed by atoms with Crippen molar-refractivity contribution >= 4 is 22.7 Å². The Morgan fingerprint density at radius 2 is 1.86 bits per heavy atom. The van der Waals surface area contributed by atoms with Crippen LogP contribution in [0.3, 0.4) is 0 Å². The molecule has 2 heterocycles. The number of hydrogen-bond donors (Lipinski definition) is 1. The molecule has 0 aliphatic rings. The third kappa shape index (κ3) is 2.95. The third-order valence-corrected chi connectivity index (χ3v) is 3.86. The molecule has 0 aliphatic heterocycles. The van der Waals surface area contributed by atoms with Gasteiger partial charge in [-0.05, 0) is 38.1 Å². The molecule has 0 saturated heterocycles. The van der Waals surface area contributed by atoms with Crippen molar-refractivity contribution in [2.24, 2.45) is 0 Å². The highest BCUT2D eigenvalue weighted by Crippen LogP contribution is 2.31. The Hall–Kier alpha value is -2.21. The number of benzene rings is 1. The Labute approximate surface area is 124 Å². The Morgan fingerprint density at radius 3 is 2.62 bits per heavy atom. The van der Waals surface area contributed by atoms with Gasteiger partial charge in [0.05, 0.1) is 5.52 Å². The molecule has 0 saturated carbocycles. The van der Waals surface area contributed by atoms with Crippen molar-refractivity contribution in [1.82, 2.24) is 15.0 Å². The van der Waals surface area contributed by atoms with E-state index in [0.717, 1.165) is 10.6 Å². The van der Waals surface area contributed by atoms with Crippen molar-refractivity contribution in [3.05, 3.63) is 57.9 Å². The number of H-pyrrole nitrogens is 1. The lowest BCUT2D eigenvalue weighted by Crippen LogP contribution is -2.07. The van der Waals surface area contributed by atoms with Crippen LogP contribution in [0.25, 0.3) is 10.9 Å². The van der Waals surface area contributed by atoms with Gasteiger partial charge in [0.1, 0.15) is 5.82 Å². The van der Waals surface area contributed by atoms with Crippen LogP contribution >= 0.6 is 11.8 Å². The van der Waals surface area contributed by atoms with Crippen LogP contribution in [0.5, 0.6) is 0 Å². The van der Waals surface area contributed by atoms with Crippen LogP contribution in [0.4, 0.5) is 4.39 Å². The number of aryl methyl sites for hydroxylation is 2. The SMILES string of the molecule is Cc1cc(=O)[nH]c(Sc2cc(C)nc3ccc(F)cc23)n1. The van der Waals surface area contributed by atoms with E-state index in [2.05, 4.69) is 15.0 Å². The maximum atomic E-state index is 13.5. The molecule has 1 aromatic carbocycles. The minimum absolute atomic E-state index is 0.203. The van der Waals surface area contributed by atoms with E-state index >= 15 is 0 Å². The Balaban J connectivity index is 2.15. The first-order chi connectivity index (χ1) is 10.0. The van der Waals surface area contributed by atoms with E-state index in [9.17, 15) is 9.18 Å². The molecular formula is C15H12FN3OS. The van der Waals surface area contributed by atoms with E-state index in [1.807, 2.05) is 13.0 Å². The molecule has 2 aromatic heterocycles. The average molecular weight is 301 g/mol. The minimum Gasteiger partial charge on any atom is -0.301 e. The Morgan fingerprint density at radius 1 is 1.10 bits per heavy atom. The number of rotatable bonds is 2. The number of pyridine rings is 1. The van der Waals surface area contributed by atoms with Gasteiger partial charge in [-0.3, -0.25) is 9.78 Å².